The maximum absolute atomic E-state index is 12.8. The van der Waals surface area contributed by atoms with E-state index in [0.29, 0.717) is 18.0 Å². The molecule has 2 amide bonds. The highest BCUT2D eigenvalue weighted by Crippen LogP contribution is 2.39. The first-order valence-electron chi connectivity index (χ1n) is 11.5. The fourth-order valence-electron chi connectivity index (χ4n) is 4.19. The van der Waals surface area contributed by atoms with Crippen molar-refractivity contribution in [3.05, 3.63) is 53.6 Å². The lowest BCUT2D eigenvalue weighted by molar-refractivity contribution is -0.120. The summed E-state index contributed by atoms with van der Waals surface area (Å²) in [5.74, 6) is 0.406. The van der Waals surface area contributed by atoms with E-state index in [1.807, 2.05) is 36.1 Å². The Bertz CT molecular complexity index is 1150. The van der Waals surface area contributed by atoms with Crippen LogP contribution in [-0.2, 0) is 26.0 Å². The average molecular weight is 470 g/mol. The molecule has 0 saturated heterocycles. The molecule has 2 aromatic carbocycles. The topological polar surface area (TPSA) is 95.6 Å². The van der Waals surface area contributed by atoms with Gasteiger partial charge in [-0.05, 0) is 73.6 Å². The zero-order chi connectivity index (χ0) is 23.8. The second-order valence-corrected chi connectivity index (χ2v) is 11.1. The van der Waals surface area contributed by atoms with E-state index in [2.05, 4.69) is 23.9 Å². The van der Waals surface area contributed by atoms with Crippen molar-refractivity contribution in [2.75, 3.05) is 16.8 Å². The number of benzene rings is 2. The molecule has 1 saturated carbocycles. The van der Waals surface area contributed by atoms with E-state index in [9.17, 15) is 18.0 Å². The Morgan fingerprint density at radius 3 is 2.42 bits per heavy atom. The highest BCUT2D eigenvalue weighted by atomic mass is 32.2. The number of nitrogens with zero attached hydrogens (tertiary/aromatic N) is 1. The lowest BCUT2D eigenvalue weighted by atomic mass is 10.0. The molecule has 7 nitrogen and oxygen atoms in total. The molecule has 1 aliphatic carbocycles. The Balaban J connectivity index is 1.34. The molecule has 0 bridgehead atoms. The number of hydrogen-bond donors (Lipinski definition) is 2. The lowest BCUT2D eigenvalue weighted by Gasteiger charge is -2.22. The molecule has 8 heteroatoms. The second-order valence-electron chi connectivity index (χ2n) is 9.30. The Morgan fingerprint density at radius 2 is 1.79 bits per heavy atom. The number of sulfonamides is 1. The molecule has 0 spiro atoms. The summed E-state index contributed by atoms with van der Waals surface area (Å²) in [5.41, 5.74) is 3.54. The van der Waals surface area contributed by atoms with Crippen LogP contribution in [0, 0.1) is 5.92 Å². The number of fused-ring (bicyclic) bond motifs is 1. The van der Waals surface area contributed by atoms with Crippen LogP contribution < -0.4 is 14.9 Å². The molecule has 2 aromatic rings. The van der Waals surface area contributed by atoms with Gasteiger partial charge in [0.1, 0.15) is 0 Å². The van der Waals surface area contributed by atoms with Gasteiger partial charge >= 0.3 is 0 Å². The monoisotopic (exact) mass is 469 g/mol. The van der Waals surface area contributed by atoms with Crippen molar-refractivity contribution in [2.45, 2.75) is 63.3 Å². The molecule has 0 unspecified atom stereocenters. The molecule has 1 fully saturated rings. The van der Waals surface area contributed by atoms with Crippen LogP contribution in [0.2, 0.25) is 0 Å². The Labute approximate surface area is 195 Å². The predicted octanol–water partition coefficient (Wildman–Crippen LogP) is 3.80. The van der Waals surface area contributed by atoms with Gasteiger partial charge in [0.05, 0.1) is 4.90 Å². The molecule has 2 aliphatic rings. The second kappa shape index (κ2) is 9.27. The van der Waals surface area contributed by atoms with Crippen molar-refractivity contribution in [3.63, 3.8) is 0 Å². The standard InChI is InChI=1S/C25H31N3O4S/c1-16(2)18-6-8-21(9-7-18)27-24(29)12-13-26-33(31,32)22-10-11-23-20(15-22)14-17(3)28(23)25(30)19-4-5-19/h6-11,15-17,19,26H,4-5,12-14H2,1-3H3,(H,27,29)/t17-/m0/s1. The van der Waals surface area contributed by atoms with Crippen LogP contribution in [0.5, 0.6) is 0 Å². The van der Waals surface area contributed by atoms with E-state index < -0.39 is 10.0 Å². The number of nitrogens with one attached hydrogen (secondary N) is 2. The van der Waals surface area contributed by atoms with Gasteiger partial charge in [-0.25, -0.2) is 13.1 Å². The number of anilines is 2. The van der Waals surface area contributed by atoms with Crippen molar-refractivity contribution in [3.8, 4) is 0 Å². The van der Waals surface area contributed by atoms with Gasteiger partial charge in [0.25, 0.3) is 0 Å². The van der Waals surface area contributed by atoms with Crippen LogP contribution in [0.25, 0.3) is 0 Å². The molecule has 0 aromatic heterocycles. The molecule has 1 aliphatic heterocycles. The summed E-state index contributed by atoms with van der Waals surface area (Å²) in [7, 11) is -3.76. The quantitative estimate of drug-likeness (QED) is 0.615. The van der Waals surface area contributed by atoms with Crippen LogP contribution in [-0.4, -0.2) is 32.8 Å². The van der Waals surface area contributed by atoms with Crippen molar-refractivity contribution in [1.82, 2.24) is 4.72 Å². The zero-order valence-electron chi connectivity index (χ0n) is 19.3. The number of carbonyl (C=O) groups excluding carboxylic acids is 2. The Morgan fingerprint density at radius 1 is 1.09 bits per heavy atom. The smallest absolute Gasteiger partial charge is 0.240 e. The minimum Gasteiger partial charge on any atom is -0.326 e. The maximum Gasteiger partial charge on any atom is 0.240 e. The molecule has 176 valence electrons. The Hall–Kier alpha value is -2.71. The third kappa shape index (κ3) is 5.28. The predicted molar refractivity (Wildman–Crippen MR) is 129 cm³/mol. The highest BCUT2D eigenvalue weighted by Gasteiger charge is 2.39. The molecule has 2 N–H and O–H groups in total. The molecule has 1 atom stereocenters. The first-order chi connectivity index (χ1) is 15.7. The summed E-state index contributed by atoms with van der Waals surface area (Å²) in [6.45, 7) is 6.19. The van der Waals surface area contributed by atoms with Crippen molar-refractivity contribution >= 4 is 33.2 Å². The third-order valence-corrected chi connectivity index (χ3v) is 7.70. The summed E-state index contributed by atoms with van der Waals surface area (Å²) < 4.78 is 28.0. The van der Waals surface area contributed by atoms with Gasteiger partial charge in [-0.3, -0.25) is 9.59 Å². The van der Waals surface area contributed by atoms with Gasteiger partial charge in [-0.2, -0.15) is 0 Å². The molecule has 33 heavy (non-hydrogen) atoms. The van der Waals surface area contributed by atoms with Crippen LogP contribution in [0.4, 0.5) is 11.4 Å². The minimum absolute atomic E-state index is 0.00196. The summed E-state index contributed by atoms with van der Waals surface area (Å²) in [4.78, 5) is 26.8. The van der Waals surface area contributed by atoms with Crippen LogP contribution in [0.15, 0.2) is 47.4 Å². The minimum atomic E-state index is -3.76. The van der Waals surface area contributed by atoms with Crippen molar-refractivity contribution in [2.24, 2.45) is 5.92 Å². The lowest BCUT2D eigenvalue weighted by Crippen LogP contribution is -2.36. The molecular weight excluding hydrogens is 438 g/mol. The van der Waals surface area contributed by atoms with Crippen LogP contribution in [0.1, 0.15) is 57.1 Å². The zero-order valence-corrected chi connectivity index (χ0v) is 20.1. The summed E-state index contributed by atoms with van der Waals surface area (Å²) >= 11 is 0. The summed E-state index contributed by atoms with van der Waals surface area (Å²) in [6, 6.07) is 12.6. The van der Waals surface area contributed by atoms with Crippen molar-refractivity contribution in [1.29, 1.82) is 0 Å². The van der Waals surface area contributed by atoms with E-state index >= 15 is 0 Å². The number of amides is 2. The summed E-state index contributed by atoms with van der Waals surface area (Å²) in [6.07, 6.45) is 2.53. The van der Waals surface area contributed by atoms with E-state index in [1.54, 1.807) is 12.1 Å². The van der Waals surface area contributed by atoms with Gasteiger partial charge in [0.2, 0.25) is 21.8 Å². The number of rotatable bonds is 8. The average Bonchev–Trinajstić information content (AvgIpc) is 3.55. The van der Waals surface area contributed by atoms with Gasteiger partial charge in [-0.15, -0.1) is 0 Å². The fourth-order valence-corrected chi connectivity index (χ4v) is 5.28. The fraction of sp³-hybridized carbons (Fsp3) is 0.440. The molecular formula is C25H31N3O4S. The third-order valence-electron chi connectivity index (χ3n) is 6.25. The van der Waals surface area contributed by atoms with E-state index in [-0.39, 0.29) is 41.6 Å². The van der Waals surface area contributed by atoms with E-state index in [4.69, 9.17) is 0 Å². The first-order valence-corrected chi connectivity index (χ1v) is 13.0. The molecule has 1 heterocycles. The van der Waals surface area contributed by atoms with E-state index in [1.165, 1.54) is 11.6 Å². The maximum atomic E-state index is 12.8. The number of carbonyl (C=O) groups is 2. The van der Waals surface area contributed by atoms with Gasteiger partial charge in [0.15, 0.2) is 0 Å². The largest absolute Gasteiger partial charge is 0.326 e. The SMILES string of the molecule is CC(C)c1ccc(NC(=O)CCNS(=O)(=O)c2ccc3c(c2)C[C@H](C)N3C(=O)C2CC2)cc1. The molecule has 4 rings (SSSR count). The van der Waals surface area contributed by atoms with Crippen LogP contribution in [0.3, 0.4) is 0 Å². The van der Waals surface area contributed by atoms with Crippen molar-refractivity contribution < 1.29 is 18.0 Å². The van der Waals surface area contributed by atoms with E-state index in [0.717, 1.165) is 24.1 Å². The Kier molecular flexibility index (Phi) is 6.59. The normalized spacial score (nSPS) is 17.8. The van der Waals surface area contributed by atoms with Gasteiger partial charge < -0.3 is 10.2 Å². The summed E-state index contributed by atoms with van der Waals surface area (Å²) in [5, 5.41) is 2.79. The number of hydrogen-bond acceptors (Lipinski definition) is 4. The highest BCUT2D eigenvalue weighted by molar-refractivity contribution is 7.89. The molecule has 0 radical (unpaired) electrons. The van der Waals surface area contributed by atoms with Gasteiger partial charge in [0, 0.05) is 36.3 Å². The van der Waals surface area contributed by atoms with Gasteiger partial charge in [-0.1, -0.05) is 26.0 Å². The van der Waals surface area contributed by atoms with Crippen LogP contribution >= 0.6 is 0 Å². The first kappa shape index (κ1) is 23.4.